The molecule has 0 bridgehead atoms. The maximum atomic E-state index is 9.92. The summed E-state index contributed by atoms with van der Waals surface area (Å²) in [7, 11) is 1.50. The van der Waals surface area contributed by atoms with E-state index in [1.165, 1.54) is 7.11 Å². The zero-order chi connectivity index (χ0) is 22.9. The normalized spacial score (nSPS) is 10.7. The molecule has 33 heavy (non-hydrogen) atoms. The lowest BCUT2D eigenvalue weighted by atomic mass is 10.2. The molecule has 0 aliphatic heterocycles. The van der Waals surface area contributed by atoms with E-state index in [0.29, 0.717) is 29.8 Å². The average molecular weight is 441 g/mol. The smallest absolute Gasteiger partial charge is 0.250 e. The minimum absolute atomic E-state index is 0.0309. The maximum absolute atomic E-state index is 9.92. The Labute approximate surface area is 191 Å². The van der Waals surface area contributed by atoms with Crippen LogP contribution in [0.25, 0.3) is 0 Å². The number of rotatable bonds is 9. The third kappa shape index (κ3) is 6.17. The largest absolute Gasteiger partial charge is 0.504 e. The van der Waals surface area contributed by atoms with E-state index in [0.717, 1.165) is 11.3 Å². The van der Waals surface area contributed by atoms with Crippen molar-refractivity contribution >= 4 is 29.7 Å². The summed E-state index contributed by atoms with van der Waals surface area (Å²) in [5, 5.41) is 20.5. The molecule has 0 aliphatic carbocycles. The van der Waals surface area contributed by atoms with Crippen LogP contribution in [0.5, 0.6) is 11.5 Å². The summed E-state index contributed by atoms with van der Waals surface area (Å²) in [6.07, 6.45) is 1.55. The van der Waals surface area contributed by atoms with Gasteiger partial charge in [0.1, 0.15) is 0 Å². The molecule has 1 aromatic heterocycles. The molecule has 0 spiro atoms. The van der Waals surface area contributed by atoms with Gasteiger partial charge in [0.15, 0.2) is 11.5 Å². The molecule has 0 saturated carbocycles. The van der Waals surface area contributed by atoms with Crippen LogP contribution in [-0.2, 0) is 6.54 Å². The van der Waals surface area contributed by atoms with Gasteiger partial charge in [0.2, 0.25) is 17.8 Å². The number of hydrazone groups is 1. The minimum atomic E-state index is 0.0309. The molecule has 0 amide bonds. The molecule has 0 aliphatic rings. The molecule has 9 nitrogen and oxygen atoms in total. The number of aromatic nitrogens is 3. The summed E-state index contributed by atoms with van der Waals surface area (Å²) in [6, 6.07) is 24.6. The van der Waals surface area contributed by atoms with Crippen molar-refractivity contribution in [2.24, 2.45) is 5.10 Å². The number of benzene rings is 3. The molecular weight excluding hydrogens is 418 g/mol. The highest BCUT2D eigenvalue weighted by molar-refractivity contribution is 5.81. The van der Waals surface area contributed by atoms with Crippen molar-refractivity contribution in [1.29, 1.82) is 0 Å². The number of aromatic hydroxyl groups is 1. The third-order valence-electron chi connectivity index (χ3n) is 4.54. The second-order valence-electron chi connectivity index (χ2n) is 6.94. The summed E-state index contributed by atoms with van der Waals surface area (Å²) in [5.74, 6) is 1.44. The van der Waals surface area contributed by atoms with E-state index >= 15 is 0 Å². The summed E-state index contributed by atoms with van der Waals surface area (Å²) in [5.41, 5.74) is 5.45. The number of anilines is 4. The van der Waals surface area contributed by atoms with Crippen molar-refractivity contribution in [3.63, 3.8) is 0 Å². The van der Waals surface area contributed by atoms with Gasteiger partial charge in [-0.05, 0) is 41.5 Å². The first kappa shape index (κ1) is 21.6. The zero-order valence-corrected chi connectivity index (χ0v) is 17.9. The van der Waals surface area contributed by atoms with Gasteiger partial charge in [-0.3, -0.25) is 0 Å². The van der Waals surface area contributed by atoms with Crippen LogP contribution in [0.3, 0.4) is 0 Å². The van der Waals surface area contributed by atoms with Gasteiger partial charge in [0.05, 0.1) is 13.3 Å². The van der Waals surface area contributed by atoms with Crippen LogP contribution in [0.15, 0.2) is 84.0 Å². The van der Waals surface area contributed by atoms with Crippen LogP contribution in [0.4, 0.5) is 23.5 Å². The number of phenolic OH excluding ortho intramolecular Hbond substituents is 1. The fourth-order valence-corrected chi connectivity index (χ4v) is 2.94. The molecule has 1 heterocycles. The van der Waals surface area contributed by atoms with Gasteiger partial charge in [-0.15, -0.1) is 0 Å². The van der Waals surface area contributed by atoms with Gasteiger partial charge in [0.25, 0.3) is 0 Å². The van der Waals surface area contributed by atoms with E-state index < -0.39 is 0 Å². The van der Waals surface area contributed by atoms with Crippen molar-refractivity contribution in [3.05, 3.63) is 90.0 Å². The quantitative estimate of drug-likeness (QED) is 0.223. The van der Waals surface area contributed by atoms with E-state index in [-0.39, 0.29) is 11.7 Å². The van der Waals surface area contributed by atoms with Gasteiger partial charge in [-0.2, -0.15) is 20.1 Å². The molecule has 0 saturated heterocycles. The number of ether oxygens (including phenoxy) is 1. The standard InChI is InChI=1S/C24H23N7O2/c1-33-21-13-12-18(14-20(21)32)16-26-31-24-29-22(25-15-17-8-4-2-5-9-17)28-23(30-24)27-19-10-6-3-7-11-19/h2-14,16,32H,15H2,1H3,(H3,25,27,28,29,30,31)/b26-16+. The first-order valence-corrected chi connectivity index (χ1v) is 10.2. The molecule has 4 N–H and O–H groups in total. The Morgan fingerprint density at radius 2 is 1.58 bits per heavy atom. The lowest BCUT2D eigenvalue weighted by Gasteiger charge is -2.10. The summed E-state index contributed by atoms with van der Waals surface area (Å²) in [6.45, 7) is 0.559. The monoisotopic (exact) mass is 441 g/mol. The number of nitrogens with one attached hydrogen (secondary N) is 3. The number of hydrogen-bond acceptors (Lipinski definition) is 9. The Kier molecular flexibility index (Phi) is 6.92. The predicted molar refractivity (Wildman–Crippen MR) is 129 cm³/mol. The van der Waals surface area contributed by atoms with Gasteiger partial charge in [-0.1, -0.05) is 48.5 Å². The molecule has 0 atom stereocenters. The predicted octanol–water partition coefficient (Wildman–Crippen LogP) is 4.39. The molecule has 0 radical (unpaired) electrons. The molecule has 4 aromatic rings. The lowest BCUT2D eigenvalue weighted by Crippen LogP contribution is -2.09. The van der Waals surface area contributed by atoms with Crippen LogP contribution in [0, 0.1) is 0 Å². The zero-order valence-electron chi connectivity index (χ0n) is 17.9. The van der Waals surface area contributed by atoms with Gasteiger partial charge in [0, 0.05) is 12.2 Å². The van der Waals surface area contributed by atoms with Gasteiger partial charge >= 0.3 is 0 Å². The molecule has 0 unspecified atom stereocenters. The van der Waals surface area contributed by atoms with E-state index in [2.05, 4.69) is 36.1 Å². The number of hydrogen-bond donors (Lipinski definition) is 4. The Balaban J connectivity index is 1.52. The Morgan fingerprint density at radius 1 is 0.879 bits per heavy atom. The molecule has 166 valence electrons. The molecule has 3 aromatic carbocycles. The highest BCUT2D eigenvalue weighted by Crippen LogP contribution is 2.25. The highest BCUT2D eigenvalue weighted by atomic mass is 16.5. The van der Waals surface area contributed by atoms with Crippen molar-refractivity contribution in [1.82, 2.24) is 15.0 Å². The van der Waals surface area contributed by atoms with Gasteiger partial charge < -0.3 is 20.5 Å². The number of methoxy groups -OCH3 is 1. The first-order chi connectivity index (χ1) is 16.2. The second kappa shape index (κ2) is 10.6. The highest BCUT2D eigenvalue weighted by Gasteiger charge is 2.07. The number of para-hydroxylation sites is 1. The van der Waals surface area contributed by atoms with Crippen molar-refractivity contribution in [3.8, 4) is 11.5 Å². The van der Waals surface area contributed by atoms with Crippen LogP contribution in [0.1, 0.15) is 11.1 Å². The van der Waals surface area contributed by atoms with E-state index in [1.54, 1.807) is 24.4 Å². The Hall–Kier alpha value is -4.66. The average Bonchev–Trinajstić information content (AvgIpc) is 2.84. The third-order valence-corrected chi connectivity index (χ3v) is 4.54. The summed E-state index contributed by atoms with van der Waals surface area (Å²) < 4.78 is 5.05. The lowest BCUT2D eigenvalue weighted by molar-refractivity contribution is 0.373. The van der Waals surface area contributed by atoms with Crippen LogP contribution >= 0.6 is 0 Å². The maximum Gasteiger partial charge on any atom is 0.250 e. The summed E-state index contributed by atoms with van der Waals surface area (Å²) >= 11 is 0. The molecule has 0 fully saturated rings. The Morgan fingerprint density at radius 3 is 2.30 bits per heavy atom. The van der Waals surface area contributed by atoms with Crippen molar-refractivity contribution in [2.75, 3.05) is 23.2 Å². The van der Waals surface area contributed by atoms with Crippen molar-refractivity contribution in [2.45, 2.75) is 6.54 Å². The number of nitrogens with zero attached hydrogens (tertiary/aromatic N) is 4. The summed E-state index contributed by atoms with van der Waals surface area (Å²) in [4.78, 5) is 13.2. The second-order valence-corrected chi connectivity index (χ2v) is 6.94. The SMILES string of the molecule is COc1ccc(/C=N/Nc2nc(NCc3ccccc3)nc(Nc3ccccc3)n2)cc1O. The molecule has 4 rings (SSSR count). The van der Waals surface area contributed by atoms with E-state index in [9.17, 15) is 5.11 Å². The van der Waals surface area contributed by atoms with Crippen LogP contribution in [0.2, 0.25) is 0 Å². The number of phenols is 1. The molecule has 9 heteroatoms. The van der Waals surface area contributed by atoms with Crippen LogP contribution in [-0.4, -0.2) is 33.4 Å². The van der Waals surface area contributed by atoms with E-state index in [1.807, 2.05) is 60.7 Å². The van der Waals surface area contributed by atoms with Crippen molar-refractivity contribution < 1.29 is 9.84 Å². The first-order valence-electron chi connectivity index (χ1n) is 10.2. The minimum Gasteiger partial charge on any atom is -0.504 e. The van der Waals surface area contributed by atoms with Crippen LogP contribution < -0.4 is 20.8 Å². The fourth-order valence-electron chi connectivity index (χ4n) is 2.94. The van der Waals surface area contributed by atoms with E-state index in [4.69, 9.17) is 4.74 Å². The van der Waals surface area contributed by atoms with Gasteiger partial charge in [-0.25, -0.2) is 5.43 Å². The fraction of sp³-hybridized carbons (Fsp3) is 0.0833. The Bertz CT molecular complexity index is 1220. The molecular formula is C24H23N7O2. The topological polar surface area (TPSA) is 117 Å².